The van der Waals surface area contributed by atoms with Gasteiger partial charge in [-0.05, 0) is 5.92 Å². The topological polar surface area (TPSA) is 78.4 Å². The van der Waals surface area contributed by atoms with Crippen LogP contribution < -0.4 is 10.6 Å². The quantitative estimate of drug-likeness (QED) is 0.688. The second-order valence-corrected chi connectivity index (χ2v) is 4.21. The lowest BCUT2D eigenvalue weighted by atomic mass is 10.0. The van der Waals surface area contributed by atoms with Crippen molar-refractivity contribution in [3.8, 4) is 0 Å². The van der Waals surface area contributed by atoms with Crippen LogP contribution in [0.5, 0.6) is 0 Å². The highest BCUT2D eigenvalue weighted by Crippen LogP contribution is 2.18. The average molecular weight is 270 g/mol. The molecule has 0 aromatic carbocycles. The van der Waals surface area contributed by atoms with Crippen LogP contribution in [0, 0.1) is 5.92 Å². The molecule has 1 atom stereocenters. The van der Waals surface area contributed by atoms with E-state index in [-0.39, 0.29) is 12.3 Å². The monoisotopic (exact) mass is 270 g/mol. The van der Waals surface area contributed by atoms with Gasteiger partial charge < -0.3 is 15.7 Å². The molecule has 106 valence electrons. The van der Waals surface area contributed by atoms with E-state index in [1.807, 2.05) is 5.32 Å². The summed E-state index contributed by atoms with van der Waals surface area (Å²) < 4.78 is 35.5. The summed E-state index contributed by atoms with van der Waals surface area (Å²) in [6, 6.07) is -1.41. The molecule has 1 unspecified atom stereocenters. The number of alkyl halides is 3. The molecular formula is C10H17F3N2O3. The van der Waals surface area contributed by atoms with Gasteiger partial charge in [0.25, 0.3) is 0 Å². The molecule has 0 radical (unpaired) electrons. The van der Waals surface area contributed by atoms with E-state index >= 15 is 0 Å². The van der Waals surface area contributed by atoms with Gasteiger partial charge in [-0.3, -0.25) is 4.79 Å². The highest BCUT2D eigenvalue weighted by atomic mass is 19.4. The van der Waals surface area contributed by atoms with Gasteiger partial charge in [-0.1, -0.05) is 13.8 Å². The van der Waals surface area contributed by atoms with Crippen molar-refractivity contribution in [2.45, 2.75) is 38.9 Å². The summed E-state index contributed by atoms with van der Waals surface area (Å²) in [6.07, 6.45) is -5.72. The Kier molecular flexibility index (Phi) is 6.50. The lowest BCUT2D eigenvalue weighted by Gasteiger charge is -2.20. The van der Waals surface area contributed by atoms with Gasteiger partial charge in [0.05, 0.1) is 12.8 Å². The van der Waals surface area contributed by atoms with Crippen molar-refractivity contribution in [2.24, 2.45) is 5.92 Å². The maximum Gasteiger partial charge on any atom is 0.390 e. The predicted octanol–water partition coefficient (Wildman–Crippen LogP) is 1.74. The van der Waals surface area contributed by atoms with E-state index in [2.05, 4.69) is 5.32 Å². The lowest BCUT2D eigenvalue weighted by Crippen LogP contribution is -2.46. The zero-order valence-corrected chi connectivity index (χ0v) is 10.2. The normalized spacial score (nSPS) is 13.2. The SMILES string of the molecule is CC(C)C(CC(=O)O)NC(=O)NCCC(F)(F)F. The molecule has 5 nitrogen and oxygen atoms in total. The molecule has 0 heterocycles. The van der Waals surface area contributed by atoms with E-state index < -0.39 is 37.2 Å². The van der Waals surface area contributed by atoms with Crippen LogP contribution in [0.2, 0.25) is 0 Å². The Morgan fingerprint density at radius 2 is 1.83 bits per heavy atom. The Morgan fingerprint density at radius 3 is 2.22 bits per heavy atom. The number of nitrogens with one attached hydrogen (secondary N) is 2. The molecule has 0 aromatic heterocycles. The molecule has 0 aromatic rings. The van der Waals surface area contributed by atoms with Gasteiger partial charge in [-0.15, -0.1) is 0 Å². The molecule has 0 aliphatic heterocycles. The number of carbonyl (C=O) groups is 2. The van der Waals surface area contributed by atoms with E-state index in [1.165, 1.54) is 0 Å². The second kappa shape index (κ2) is 7.07. The van der Waals surface area contributed by atoms with Gasteiger partial charge in [-0.2, -0.15) is 13.2 Å². The minimum atomic E-state index is -4.33. The van der Waals surface area contributed by atoms with Gasteiger partial charge in [0, 0.05) is 12.6 Å². The molecular weight excluding hydrogens is 253 g/mol. The number of aliphatic carboxylic acids is 1. The number of urea groups is 1. The molecule has 2 amide bonds. The summed E-state index contributed by atoms with van der Waals surface area (Å²) in [4.78, 5) is 21.8. The molecule has 0 rings (SSSR count). The van der Waals surface area contributed by atoms with Gasteiger partial charge in [-0.25, -0.2) is 4.79 Å². The molecule has 0 bridgehead atoms. The van der Waals surface area contributed by atoms with Gasteiger partial charge in [0.15, 0.2) is 0 Å². The van der Waals surface area contributed by atoms with Crippen LogP contribution in [-0.4, -0.2) is 35.9 Å². The molecule has 0 saturated carbocycles. The summed E-state index contributed by atoms with van der Waals surface area (Å²) in [5.41, 5.74) is 0. The third-order valence-electron chi connectivity index (χ3n) is 2.21. The Labute approximate surface area is 103 Å². The molecule has 0 aliphatic rings. The Hall–Kier alpha value is -1.47. The van der Waals surface area contributed by atoms with Crippen molar-refractivity contribution in [2.75, 3.05) is 6.54 Å². The molecule has 0 saturated heterocycles. The number of carboxylic acid groups (broad SMARTS) is 1. The number of amides is 2. The first-order valence-electron chi connectivity index (χ1n) is 5.44. The molecule has 0 aliphatic carbocycles. The van der Waals surface area contributed by atoms with Crippen LogP contribution in [-0.2, 0) is 4.79 Å². The van der Waals surface area contributed by atoms with Crippen molar-refractivity contribution in [1.29, 1.82) is 0 Å². The second-order valence-electron chi connectivity index (χ2n) is 4.21. The summed E-state index contributed by atoms with van der Waals surface area (Å²) in [5.74, 6) is -1.21. The third-order valence-corrected chi connectivity index (χ3v) is 2.21. The first-order valence-corrected chi connectivity index (χ1v) is 5.44. The van der Waals surface area contributed by atoms with Gasteiger partial charge in [0.1, 0.15) is 0 Å². The summed E-state index contributed by atoms with van der Waals surface area (Å²) in [6.45, 7) is 2.89. The maximum absolute atomic E-state index is 11.8. The summed E-state index contributed by atoms with van der Waals surface area (Å²) in [7, 11) is 0. The number of carbonyl (C=O) groups excluding carboxylic acids is 1. The van der Waals surface area contributed by atoms with Gasteiger partial charge >= 0.3 is 18.2 Å². The summed E-state index contributed by atoms with van der Waals surface area (Å²) >= 11 is 0. The van der Waals surface area contributed by atoms with Gasteiger partial charge in [0.2, 0.25) is 0 Å². The fraction of sp³-hybridized carbons (Fsp3) is 0.800. The van der Waals surface area contributed by atoms with Crippen LogP contribution >= 0.6 is 0 Å². The van der Waals surface area contributed by atoms with Crippen LogP contribution in [0.25, 0.3) is 0 Å². The zero-order chi connectivity index (χ0) is 14.3. The average Bonchev–Trinajstić information content (AvgIpc) is 2.13. The first-order chi connectivity index (χ1) is 8.11. The number of halogens is 3. The predicted molar refractivity (Wildman–Crippen MR) is 58.1 cm³/mol. The van der Waals surface area contributed by atoms with Crippen molar-refractivity contribution in [1.82, 2.24) is 10.6 Å². The Balaban J connectivity index is 4.07. The number of carboxylic acids is 1. The lowest BCUT2D eigenvalue weighted by molar-refractivity contribution is -0.137. The van der Waals surface area contributed by atoms with E-state index in [0.29, 0.717) is 0 Å². The largest absolute Gasteiger partial charge is 0.481 e. The van der Waals surface area contributed by atoms with Crippen LogP contribution in [0.15, 0.2) is 0 Å². The molecule has 3 N–H and O–H groups in total. The highest BCUT2D eigenvalue weighted by Gasteiger charge is 2.27. The number of hydrogen-bond donors (Lipinski definition) is 3. The number of hydrogen-bond acceptors (Lipinski definition) is 2. The van der Waals surface area contributed by atoms with Crippen molar-refractivity contribution >= 4 is 12.0 Å². The fourth-order valence-corrected chi connectivity index (χ4v) is 1.18. The van der Waals surface area contributed by atoms with E-state index in [9.17, 15) is 22.8 Å². The molecule has 0 spiro atoms. The van der Waals surface area contributed by atoms with Crippen LogP contribution in [0.4, 0.5) is 18.0 Å². The molecule has 8 heteroatoms. The van der Waals surface area contributed by atoms with Crippen LogP contribution in [0.1, 0.15) is 26.7 Å². The fourth-order valence-electron chi connectivity index (χ4n) is 1.18. The van der Waals surface area contributed by atoms with Crippen LogP contribution in [0.3, 0.4) is 0 Å². The Morgan fingerprint density at radius 1 is 1.28 bits per heavy atom. The first kappa shape index (κ1) is 16.5. The van der Waals surface area contributed by atoms with Crippen molar-refractivity contribution in [3.63, 3.8) is 0 Å². The number of rotatable bonds is 6. The molecule has 0 fully saturated rings. The smallest absolute Gasteiger partial charge is 0.390 e. The summed E-state index contributed by atoms with van der Waals surface area (Å²) in [5, 5.41) is 13.0. The standard InChI is InChI=1S/C10H17F3N2O3/c1-6(2)7(5-8(16)17)15-9(18)14-4-3-10(11,12)13/h6-7H,3-5H2,1-2H3,(H,16,17)(H2,14,15,18). The van der Waals surface area contributed by atoms with E-state index in [4.69, 9.17) is 5.11 Å². The zero-order valence-electron chi connectivity index (χ0n) is 10.2. The minimum absolute atomic E-state index is 0.130. The maximum atomic E-state index is 11.8. The third kappa shape index (κ3) is 8.66. The highest BCUT2D eigenvalue weighted by molar-refractivity contribution is 5.75. The molecule has 18 heavy (non-hydrogen) atoms. The van der Waals surface area contributed by atoms with E-state index in [1.54, 1.807) is 13.8 Å². The Bertz CT molecular complexity index is 293. The minimum Gasteiger partial charge on any atom is -0.481 e. The van der Waals surface area contributed by atoms with Crippen molar-refractivity contribution in [3.05, 3.63) is 0 Å². The van der Waals surface area contributed by atoms with Crippen molar-refractivity contribution < 1.29 is 27.9 Å². The van der Waals surface area contributed by atoms with E-state index in [0.717, 1.165) is 0 Å².